The van der Waals surface area contributed by atoms with Gasteiger partial charge in [0.1, 0.15) is 5.00 Å². The number of methoxy groups -OCH3 is 1. The summed E-state index contributed by atoms with van der Waals surface area (Å²) in [7, 11) is -0.723. The minimum atomic E-state index is -3.61. The van der Waals surface area contributed by atoms with E-state index >= 15 is 0 Å². The van der Waals surface area contributed by atoms with E-state index in [1.54, 1.807) is 7.05 Å². The Kier molecular flexibility index (Phi) is 8.28. The zero-order chi connectivity index (χ0) is 24.2. The highest BCUT2D eigenvalue weighted by Crippen LogP contribution is 2.37. The Labute approximate surface area is 199 Å². The first-order valence-electron chi connectivity index (χ1n) is 11.1. The Balaban J connectivity index is 1.82. The minimum Gasteiger partial charge on any atom is -0.465 e. The number of hydrogen-bond acceptors (Lipinski definition) is 7. The van der Waals surface area contributed by atoms with Gasteiger partial charge in [0.25, 0.3) is 5.91 Å². The van der Waals surface area contributed by atoms with Gasteiger partial charge in [-0.15, -0.1) is 11.3 Å². The van der Waals surface area contributed by atoms with Gasteiger partial charge in [-0.1, -0.05) is 20.3 Å². The van der Waals surface area contributed by atoms with Crippen LogP contribution < -0.4 is 5.32 Å². The lowest BCUT2D eigenvalue weighted by Crippen LogP contribution is -2.29. The number of amides is 1. The summed E-state index contributed by atoms with van der Waals surface area (Å²) in [4.78, 5) is 28.9. The second kappa shape index (κ2) is 10.8. The predicted octanol–water partition coefficient (Wildman–Crippen LogP) is 3.59. The minimum absolute atomic E-state index is 0.138. The highest BCUT2D eigenvalue weighted by atomic mass is 32.2. The number of carbonyl (C=O) groups excluding carboxylic acids is 2. The van der Waals surface area contributed by atoms with Crippen molar-refractivity contribution in [2.24, 2.45) is 0 Å². The fourth-order valence-electron chi connectivity index (χ4n) is 3.77. The summed E-state index contributed by atoms with van der Waals surface area (Å²) in [5.41, 5.74) is 1.66. The van der Waals surface area contributed by atoms with Crippen LogP contribution in [0.25, 0.3) is 0 Å². The Morgan fingerprint density at radius 2 is 1.91 bits per heavy atom. The zero-order valence-corrected chi connectivity index (χ0v) is 21.1. The molecule has 1 aromatic carbocycles. The number of hydrogen-bond donors (Lipinski definition) is 1. The molecule has 1 aliphatic rings. The van der Waals surface area contributed by atoms with Crippen molar-refractivity contribution >= 4 is 38.2 Å². The zero-order valence-electron chi connectivity index (χ0n) is 19.5. The molecule has 0 atom stereocenters. The number of anilines is 1. The first-order chi connectivity index (χ1) is 15.7. The normalized spacial score (nSPS) is 14.2. The summed E-state index contributed by atoms with van der Waals surface area (Å²) >= 11 is 1.39. The molecule has 1 aromatic heterocycles. The molecule has 2 heterocycles. The van der Waals surface area contributed by atoms with Crippen molar-refractivity contribution in [3.05, 3.63) is 45.8 Å². The number of thiophene rings is 1. The van der Waals surface area contributed by atoms with Gasteiger partial charge in [-0.3, -0.25) is 9.69 Å². The monoisotopic (exact) mass is 493 g/mol. The number of ether oxygens (including phenoxy) is 1. The molecule has 0 fully saturated rings. The quantitative estimate of drug-likeness (QED) is 0.537. The fourth-order valence-corrected chi connectivity index (χ4v) is 6.25. The summed E-state index contributed by atoms with van der Waals surface area (Å²) in [6.07, 6.45) is 2.40. The van der Waals surface area contributed by atoms with Gasteiger partial charge in [0.05, 0.1) is 17.6 Å². The van der Waals surface area contributed by atoms with Crippen molar-refractivity contribution in [2.45, 2.75) is 44.6 Å². The molecule has 0 aliphatic carbocycles. The van der Waals surface area contributed by atoms with Crippen molar-refractivity contribution in [2.75, 3.05) is 39.1 Å². The smallest absolute Gasteiger partial charge is 0.341 e. The van der Waals surface area contributed by atoms with Crippen LogP contribution in [0.5, 0.6) is 0 Å². The second-order valence-electron chi connectivity index (χ2n) is 7.98. The van der Waals surface area contributed by atoms with Crippen LogP contribution in [-0.4, -0.2) is 63.3 Å². The van der Waals surface area contributed by atoms with E-state index in [-0.39, 0.29) is 4.90 Å². The molecule has 1 N–H and O–H groups in total. The molecule has 0 radical (unpaired) electrons. The van der Waals surface area contributed by atoms with Crippen LogP contribution in [0.3, 0.4) is 0 Å². The number of benzene rings is 1. The van der Waals surface area contributed by atoms with Gasteiger partial charge in [-0.05, 0) is 49.2 Å². The van der Waals surface area contributed by atoms with Crippen LogP contribution >= 0.6 is 11.3 Å². The van der Waals surface area contributed by atoms with Gasteiger partial charge in [-0.25, -0.2) is 17.5 Å². The van der Waals surface area contributed by atoms with Crippen LogP contribution in [0, 0.1) is 0 Å². The number of likely N-dealkylation sites (N-methyl/N-ethyl adjacent to an activating group) is 1. The third-order valence-corrected chi connectivity index (χ3v) is 8.85. The molecule has 2 aromatic rings. The van der Waals surface area contributed by atoms with E-state index in [9.17, 15) is 18.0 Å². The summed E-state index contributed by atoms with van der Waals surface area (Å²) in [6.45, 7) is 7.03. The van der Waals surface area contributed by atoms with Gasteiger partial charge >= 0.3 is 5.97 Å². The van der Waals surface area contributed by atoms with E-state index in [0.29, 0.717) is 22.7 Å². The molecule has 0 bridgehead atoms. The molecule has 0 spiro atoms. The third kappa shape index (κ3) is 5.46. The van der Waals surface area contributed by atoms with E-state index in [1.807, 2.05) is 6.92 Å². The van der Waals surface area contributed by atoms with E-state index < -0.39 is 21.9 Å². The van der Waals surface area contributed by atoms with Gasteiger partial charge in [0, 0.05) is 37.1 Å². The number of rotatable bonds is 9. The van der Waals surface area contributed by atoms with Crippen LogP contribution in [0.4, 0.5) is 5.00 Å². The number of nitrogens with one attached hydrogen (secondary N) is 1. The van der Waals surface area contributed by atoms with E-state index in [2.05, 4.69) is 17.1 Å². The number of esters is 1. The Bertz CT molecular complexity index is 1110. The SMILES string of the molecule is CCCCN(C)S(=O)(=O)c1ccc(C(=O)Nc2sc3c(c2C(=O)OC)CCN(CC)C3)cc1. The molecular formula is C23H31N3O5S2. The van der Waals surface area contributed by atoms with Crippen LogP contribution in [0.15, 0.2) is 29.2 Å². The molecule has 10 heteroatoms. The standard InChI is InChI=1S/C23H31N3O5S2/c1-5-7-13-25(3)33(29,30)17-10-8-16(9-11-17)21(27)24-22-20(23(28)31-4)18-12-14-26(6-2)15-19(18)32-22/h8-11H,5-7,12-15H2,1-4H3,(H,24,27). The van der Waals surface area contributed by atoms with Crippen LogP contribution in [0.1, 0.15) is 57.8 Å². The first kappa shape index (κ1) is 25.4. The lowest BCUT2D eigenvalue weighted by molar-refractivity contribution is 0.0600. The maximum atomic E-state index is 12.9. The molecule has 180 valence electrons. The summed E-state index contributed by atoms with van der Waals surface area (Å²) in [6, 6.07) is 5.85. The number of sulfonamides is 1. The molecule has 0 unspecified atom stereocenters. The first-order valence-corrected chi connectivity index (χ1v) is 13.3. The molecular weight excluding hydrogens is 462 g/mol. The average molecular weight is 494 g/mol. The summed E-state index contributed by atoms with van der Waals surface area (Å²) < 4.78 is 31.7. The number of carbonyl (C=O) groups is 2. The van der Waals surface area contributed by atoms with Crippen molar-refractivity contribution in [3.8, 4) is 0 Å². The van der Waals surface area contributed by atoms with Gasteiger partial charge in [0.15, 0.2) is 0 Å². The van der Waals surface area contributed by atoms with Crippen molar-refractivity contribution < 1.29 is 22.7 Å². The highest BCUT2D eigenvalue weighted by Gasteiger charge is 2.29. The largest absolute Gasteiger partial charge is 0.465 e. The lowest BCUT2D eigenvalue weighted by Gasteiger charge is -2.25. The topological polar surface area (TPSA) is 96.0 Å². The average Bonchev–Trinajstić information content (AvgIpc) is 3.18. The van der Waals surface area contributed by atoms with Gasteiger partial charge < -0.3 is 10.1 Å². The Morgan fingerprint density at radius 1 is 1.21 bits per heavy atom. The Morgan fingerprint density at radius 3 is 2.52 bits per heavy atom. The second-order valence-corrected chi connectivity index (χ2v) is 11.1. The Hall–Kier alpha value is -2.27. The van der Waals surface area contributed by atoms with E-state index in [0.717, 1.165) is 49.3 Å². The molecule has 0 saturated carbocycles. The maximum absolute atomic E-state index is 12.9. The highest BCUT2D eigenvalue weighted by molar-refractivity contribution is 7.89. The number of fused-ring (bicyclic) bond motifs is 1. The third-order valence-electron chi connectivity index (χ3n) is 5.85. The molecule has 0 saturated heterocycles. The molecule has 1 amide bonds. The molecule has 1 aliphatic heterocycles. The lowest BCUT2D eigenvalue weighted by atomic mass is 10.0. The van der Waals surface area contributed by atoms with Crippen molar-refractivity contribution in [3.63, 3.8) is 0 Å². The van der Waals surface area contributed by atoms with Crippen LogP contribution in [-0.2, 0) is 27.7 Å². The summed E-state index contributed by atoms with van der Waals surface area (Å²) in [5, 5.41) is 3.31. The molecule has 33 heavy (non-hydrogen) atoms. The van der Waals surface area contributed by atoms with E-state index in [4.69, 9.17) is 4.74 Å². The van der Waals surface area contributed by atoms with Gasteiger partial charge in [0.2, 0.25) is 10.0 Å². The van der Waals surface area contributed by atoms with Crippen LogP contribution in [0.2, 0.25) is 0 Å². The number of nitrogens with zero attached hydrogens (tertiary/aromatic N) is 2. The predicted molar refractivity (Wildman–Crippen MR) is 129 cm³/mol. The summed E-state index contributed by atoms with van der Waals surface area (Å²) in [5.74, 6) is -0.876. The maximum Gasteiger partial charge on any atom is 0.341 e. The van der Waals surface area contributed by atoms with E-state index in [1.165, 1.54) is 47.0 Å². The van der Waals surface area contributed by atoms with Gasteiger partial charge in [-0.2, -0.15) is 0 Å². The van der Waals surface area contributed by atoms with Crippen molar-refractivity contribution in [1.82, 2.24) is 9.21 Å². The molecule has 3 rings (SSSR count). The fraction of sp³-hybridized carbons (Fsp3) is 0.478. The van der Waals surface area contributed by atoms with Crippen molar-refractivity contribution in [1.29, 1.82) is 0 Å². The molecule has 8 nitrogen and oxygen atoms in total. The number of unbranched alkanes of at least 4 members (excludes halogenated alkanes) is 1.